The maximum atomic E-state index is 12.0. The van der Waals surface area contributed by atoms with Gasteiger partial charge in [-0.05, 0) is 31.5 Å². The van der Waals surface area contributed by atoms with Crippen LogP contribution in [-0.4, -0.2) is 45.2 Å². The lowest BCUT2D eigenvalue weighted by Gasteiger charge is -2.10. The summed E-state index contributed by atoms with van der Waals surface area (Å²) in [5.41, 5.74) is 9.19. The van der Waals surface area contributed by atoms with E-state index in [-0.39, 0.29) is 5.91 Å². The van der Waals surface area contributed by atoms with Crippen molar-refractivity contribution in [1.82, 2.24) is 24.8 Å². The minimum Gasteiger partial charge on any atom is -0.382 e. The van der Waals surface area contributed by atoms with Crippen molar-refractivity contribution >= 4 is 22.8 Å². The Kier molecular flexibility index (Phi) is 6.54. The van der Waals surface area contributed by atoms with E-state index in [1.165, 1.54) is 6.20 Å². The van der Waals surface area contributed by atoms with Gasteiger partial charge in [-0.1, -0.05) is 6.92 Å². The second kappa shape index (κ2) is 9.27. The monoisotopic (exact) mass is 382 g/mol. The molecule has 3 rings (SSSR count). The number of hydrogen-bond donors (Lipinski definition) is 2. The molecule has 0 aliphatic carbocycles. The number of imidazole rings is 1. The number of nitrogens with one attached hydrogen (secondary N) is 1. The molecule has 148 valence electrons. The maximum absolute atomic E-state index is 12.0. The van der Waals surface area contributed by atoms with Crippen molar-refractivity contribution in [3.63, 3.8) is 0 Å². The summed E-state index contributed by atoms with van der Waals surface area (Å²) in [5, 5.41) is 2.82. The number of aromatic nitrogens is 4. The van der Waals surface area contributed by atoms with Gasteiger partial charge in [-0.2, -0.15) is 0 Å². The normalized spacial score (nSPS) is 11.1. The van der Waals surface area contributed by atoms with Crippen molar-refractivity contribution < 1.29 is 9.53 Å². The highest BCUT2D eigenvalue weighted by Gasteiger charge is 2.13. The van der Waals surface area contributed by atoms with Crippen LogP contribution in [0.25, 0.3) is 11.0 Å². The molecule has 8 nitrogen and oxygen atoms in total. The average molecular weight is 382 g/mol. The number of anilines is 1. The Morgan fingerprint density at radius 1 is 1.32 bits per heavy atom. The first-order valence-electron chi connectivity index (χ1n) is 9.48. The van der Waals surface area contributed by atoms with Crippen LogP contribution in [0.15, 0.2) is 30.6 Å². The number of carbonyl (C=O) groups is 1. The summed E-state index contributed by atoms with van der Waals surface area (Å²) >= 11 is 0. The fourth-order valence-corrected chi connectivity index (χ4v) is 3.08. The van der Waals surface area contributed by atoms with Crippen molar-refractivity contribution in [3.05, 3.63) is 47.7 Å². The van der Waals surface area contributed by atoms with Gasteiger partial charge in [0.25, 0.3) is 5.91 Å². The van der Waals surface area contributed by atoms with E-state index in [0.29, 0.717) is 37.7 Å². The summed E-state index contributed by atoms with van der Waals surface area (Å²) in [6, 6.07) is 5.47. The number of amides is 1. The van der Waals surface area contributed by atoms with E-state index in [2.05, 4.69) is 31.8 Å². The van der Waals surface area contributed by atoms with E-state index in [1.54, 1.807) is 18.3 Å². The summed E-state index contributed by atoms with van der Waals surface area (Å²) in [5.74, 6) is 1.30. The number of fused-ring (bicyclic) bond motifs is 1. The number of nitrogens with zero attached hydrogens (tertiary/aromatic N) is 4. The van der Waals surface area contributed by atoms with Crippen LogP contribution in [0.3, 0.4) is 0 Å². The molecule has 0 aliphatic heterocycles. The highest BCUT2D eigenvalue weighted by Crippen LogP contribution is 2.22. The van der Waals surface area contributed by atoms with Crippen molar-refractivity contribution in [1.29, 1.82) is 0 Å². The first-order valence-corrected chi connectivity index (χ1v) is 9.48. The van der Waals surface area contributed by atoms with Crippen LogP contribution in [0.1, 0.15) is 35.2 Å². The van der Waals surface area contributed by atoms with Crippen LogP contribution >= 0.6 is 0 Å². The van der Waals surface area contributed by atoms with Crippen LogP contribution in [-0.2, 0) is 17.7 Å². The molecule has 3 heterocycles. The molecule has 0 fully saturated rings. The second-order valence-corrected chi connectivity index (χ2v) is 6.56. The largest absolute Gasteiger partial charge is 0.382 e. The summed E-state index contributed by atoms with van der Waals surface area (Å²) < 4.78 is 7.86. The first kappa shape index (κ1) is 19.8. The zero-order valence-corrected chi connectivity index (χ0v) is 16.3. The summed E-state index contributed by atoms with van der Waals surface area (Å²) in [6.07, 6.45) is 5.04. The van der Waals surface area contributed by atoms with E-state index >= 15 is 0 Å². The van der Waals surface area contributed by atoms with Crippen molar-refractivity contribution in [2.24, 2.45) is 0 Å². The van der Waals surface area contributed by atoms with Crippen molar-refractivity contribution in [2.75, 3.05) is 25.5 Å². The summed E-state index contributed by atoms with van der Waals surface area (Å²) in [4.78, 5) is 24.9. The van der Waals surface area contributed by atoms with Crippen LogP contribution < -0.4 is 11.1 Å². The van der Waals surface area contributed by atoms with Crippen LogP contribution in [0.4, 0.5) is 5.82 Å². The predicted octanol–water partition coefficient (Wildman–Crippen LogP) is 2.12. The highest BCUT2D eigenvalue weighted by molar-refractivity contribution is 5.93. The molecule has 0 aliphatic rings. The number of nitrogens with two attached hydrogens (primary N) is 1. The van der Waals surface area contributed by atoms with Gasteiger partial charge >= 0.3 is 0 Å². The lowest BCUT2D eigenvalue weighted by molar-refractivity contribution is 0.0908. The summed E-state index contributed by atoms with van der Waals surface area (Å²) in [6.45, 7) is 6.12. The molecule has 3 N–H and O–H groups in total. The lowest BCUT2D eigenvalue weighted by atomic mass is 10.3. The fourth-order valence-electron chi connectivity index (χ4n) is 3.08. The molecule has 0 bridgehead atoms. The lowest BCUT2D eigenvalue weighted by Crippen LogP contribution is -2.27. The van der Waals surface area contributed by atoms with E-state index in [4.69, 9.17) is 10.5 Å². The van der Waals surface area contributed by atoms with Crippen LogP contribution in [0, 0.1) is 6.92 Å². The Hall–Kier alpha value is -3.00. The molecule has 0 radical (unpaired) electrons. The van der Waals surface area contributed by atoms with Crippen molar-refractivity contribution in [2.45, 2.75) is 33.2 Å². The number of aryl methyl sites for hydroxylation is 2. The number of ether oxygens (including phenoxy) is 1. The number of pyridine rings is 2. The van der Waals surface area contributed by atoms with Gasteiger partial charge in [-0.15, -0.1) is 0 Å². The predicted molar refractivity (Wildman–Crippen MR) is 108 cm³/mol. The van der Waals surface area contributed by atoms with Gasteiger partial charge in [0.05, 0.1) is 24.3 Å². The fraction of sp³-hybridized carbons (Fsp3) is 0.400. The molecule has 8 heteroatoms. The molecule has 28 heavy (non-hydrogen) atoms. The van der Waals surface area contributed by atoms with Gasteiger partial charge < -0.3 is 20.4 Å². The smallest absolute Gasteiger partial charge is 0.252 e. The molecule has 3 aromatic heterocycles. The minimum absolute atomic E-state index is 0.152. The standard InChI is InChI=1S/C20H26N6O2/c1-3-5-17-25-18-16(12-14(2)24-19(18)21)26(17)9-11-28-10-8-23-20(27)15-6-4-7-22-13-15/h4,6-7,12-13H,3,5,8-11H2,1-2H3,(H2,21,24)(H,23,27). The van der Waals surface area contributed by atoms with Gasteiger partial charge in [-0.3, -0.25) is 9.78 Å². The molecule has 0 aromatic carbocycles. The third-order valence-corrected chi connectivity index (χ3v) is 4.36. The van der Waals surface area contributed by atoms with E-state index in [9.17, 15) is 4.79 Å². The zero-order chi connectivity index (χ0) is 19.9. The van der Waals surface area contributed by atoms with Crippen LogP contribution in [0.5, 0.6) is 0 Å². The van der Waals surface area contributed by atoms with Crippen molar-refractivity contribution in [3.8, 4) is 0 Å². The Bertz CT molecular complexity index is 939. The SMILES string of the molecule is CCCc1nc2c(N)nc(C)cc2n1CCOCCNC(=O)c1cccnc1. The molecule has 0 atom stereocenters. The molecular formula is C20H26N6O2. The average Bonchev–Trinajstić information content (AvgIpc) is 3.03. The second-order valence-electron chi connectivity index (χ2n) is 6.56. The Morgan fingerprint density at radius 3 is 2.93 bits per heavy atom. The Balaban J connectivity index is 1.54. The number of nitrogen functional groups attached to an aromatic ring is 1. The molecule has 0 unspecified atom stereocenters. The molecule has 1 amide bonds. The van der Waals surface area contributed by atoms with Gasteiger partial charge in [-0.25, -0.2) is 9.97 Å². The van der Waals surface area contributed by atoms with E-state index in [1.807, 2.05) is 13.0 Å². The Labute approximate surface area is 164 Å². The number of carbonyl (C=O) groups excluding carboxylic acids is 1. The van der Waals surface area contributed by atoms with Gasteiger partial charge in [0.1, 0.15) is 11.3 Å². The van der Waals surface area contributed by atoms with Gasteiger partial charge in [0.2, 0.25) is 0 Å². The summed E-state index contributed by atoms with van der Waals surface area (Å²) in [7, 11) is 0. The topological polar surface area (TPSA) is 108 Å². The van der Waals surface area contributed by atoms with E-state index < -0.39 is 0 Å². The maximum Gasteiger partial charge on any atom is 0.252 e. The molecule has 0 spiro atoms. The number of hydrogen-bond acceptors (Lipinski definition) is 6. The van der Waals surface area contributed by atoms with Gasteiger partial charge in [0, 0.05) is 37.6 Å². The number of rotatable bonds is 9. The molecular weight excluding hydrogens is 356 g/mol. The third-order valence-electron chi connectivity index (χ3n) is 4.36. The molecule has 0 saturated heterocycles. The molecule has 0 saturated carbocycles. The highest BCUT2D eigenvalue weighted by atomic mass is 16.5. The van der Waals surface area contributed by atoms with Gasteiger partial charge in [0.15, 0.2) is 5.82 Å². The first-order chi connectivity index (χ1) is 13.6. The quantitative estimate of drug-likeness (QED) is 0.549. The minimum atomic E-state index is -0.152. The third kappa shape index (κ3) is 4.64. The Morgan fingerprint density at radius 2 is 2.18 bits per heavy atom. The zero-order valence-electron chi connectivity index (χ0n) is 16.3. The van der Waals surface area contributed by atoms with E-state index in [0.717, 1.165) is 35.4 Å². The van der Waals surface area contributed by atoms with Crippen LogP contribution in [0.2, 0.25) is 0 Å². The molecule has 3 aromatic rings.